The van der Waals surface area contributed by atoms with Crippen LogP contribution in [0.15, 0.2) is 41.0 Å². The molecule has 0 radical (unpaired) electrons. The first-order valence-electron chi connectivity index (χ1n) is 8.63. The zero-order chi connectivity index (χ0) is 19.7. The number of H-pyrrole nitrogens is 1. The molecule has 0 aliphatic heterocycles. The van der Waals surface area contributed by atoms with E-state index in [0.29, 0.717) is 33.5 Å². The van der Waals surface area contributed by atoms with E-state index in [9.17, 15) is 13.2 Å². The van der Waals surface area contributed by atoms with E-state index in [2.05, 4.69) is 46.7 Å². The summed E-state index contributed by atoms with van der Waals surface area (Å²) in [4.78, 5) is 8.53. The predicted molar refractivity (Wildman–Crippen MR) is 102 cm³/mol. The van der Waals surface area contributed by atoms with E-state index in [1.54, 1.807) is 12.3 Å². The molecule has 2 aromatic heterocycles. The Balaban J connectivity index is 1.44. The molecule has 0 unspecified atom stereocenters. The molecule has 6 nitrogen and oxygen atoms in total. The first-order valence-corrected chi connectivity index (χ1v) is 9.42. The van der Waals surface area contributed by atoms with Crippen molar-refractivity contribution < 1.29 is 13.2 Å². The molecule has 0 amide bonds. The molecule has 0 atom stereocenters. The molecule has 10 heteroatoms. The van der Waals surface area contributed by atoms with Gasteiger partial charge in [0.1, 0.15) is 5.82 Å². The van der Waals surface area contributed by atoms with Crippen molar-refractivity contribution >= 4 is 33.5 Å². The van der Waals surface area contributed by atoms with Gasteiger partial charge in [-0.15, -0.1) is 0 Å². The number of halogens is 4. The van der Waals surface area contributed by atoms with Crippen molar-refractivity contribution in [2.24, 2.45) is 0 Å². The Morgan fingerprint density at radius 1 is 1.21 bits per heavy atom. The molecule has 3 aromatic rings. The highest BCUT2D eigenvalue weighted by molar-refractivity contribution is 9.10. The lowest BCUT2D eigenvalue weighted by molar-refractivity contribution is -0.137. The molecule has 28 heavy (non-hydrogen) atoms. The molecule has 3 N–H and O–H groups in total. The van der Waals surface area contributed by atoms with Crippen LogP contribution >= 0.6 is 15.9 Å². The zero-order valence-corrected chi connectivity index (χ0v) is 16.1. The van der Waals surface area contributed by atoms with Gasteiger partial charge in [-0.2, -0.15) is 23.3 Å². The third-order valence-corrected chi connectivity index (χ3v) is 4.88. The van der Waals surface area contributed by atoms with Crippen molar-refractivity contribution in [3.63, 3.8) is 0 Å². The van der Waals surface area contributed by atoms with Crippen molar-refractivity contribution in [1.82, 2.24) is 20.2 Å². The van der Waals surface area contributed by atoms with E-state index >= 15 is 0 Å². The van der Waals surface area contributed by atoms with Gasteiger partial charge in [0.25, 0.3) is 0 Å². The van der Waals surface area contributed by atoms with Crippen molar-refractivity contribution in [2.75, 3.05) is 10.6 Å². The molecular formula is C18H16BrF3N6. The largest absolute Gasteiger partial charge is 0.416 e. The van der Waals surface area contributed by atoms with Crippen LogP contribution in [0.4, 0.5) is 30.8 Å². The number of hydrogen-bond donors (Lipinski definition) is 3. The maximum absolute atomic E-state index is 12.8. The summed E-state index contributed by atoms with van der Waals surface area (Å²) in [6.07, 6.45) is -0.483. The number of alkyl halides is 3. The van der Waals surface area contributed by atoms with E-state index < -0.39 is 11.7 Å². The van der Waals surface area contributed by atoms with Crippen molar-refractivity contribution in [3.05, 3.63) is 57.8 Å². The smallest absolute Gasteiger partial charge is 0.350 e. The van der Waals surface area contributed by atoms with Gasteiger partial charge in [0, 0.05) is 24.7 Å². The molecule has 1 saturated carbocycles. The lowest BCUT2D eigenvalue weighted by Crippen LogP contribution is -2.08. The van der Waals surface area contributed by atoms with E-state index in [4.69, 9.17) is 0 Å². The lowest BCUT2D eigenvalue weighted by Gasteiger charge is -2.11. The summed E-state index contributed by atoms with van der Waals surface area (Å²) in [6.45, 7) is 0.168. The van der Waals surface area contributed by atoms with E-state index in [1.807, 2.05) is 6.07 Å². The fraction of sp³-hybridized carbons (Fsp3) is 0.278. The molecule has 1 aromatic carbocycles. The first kappa shape index (κ1) is 18.7. The van der Waals surface area contributed by atoms with Crippen LogP contribution in [-0.4, -0.2) is 20.2 Å². The Bertz CT molecular complexity index is 983. The molecule has 1 aliphatic carbocycles. The highest BCUT2D eigenvalue weighted by Gasteiger charge is 2.30. The maximum atomic E-state index is 12.8. The van der Waals surface area contributed by atoms with Gasteiger partial charge in [0.05, 0.1) is 15.7 Å². The Kier molecular flexibility index (Phi) is 4.96. The van der Waals surface area contributed by atoms with Crippen LogP contribution in [0.3, 0.4) is 0 Å². The molecule has 146 valence electrons. The second-order valence-electron chi connectivity index (χ2n) is 6.55. The minimum Gasteiger partial charge on any atom is -0.350 e. The number of anilines is 3. The van der Waals surface area contributed by atoms with Gasteiger partial charge < -0.3 is 10.6 Å². The van der Waals surface area contributed by atoms with Crippen molar-refractivity contribution in [2.45, 2.75) is 31.5 Å². The van der Waals surface area contributed by atoms with Gasteiger partial charge in [0.2, 0.25) is 5.95 Å². The fourth-order valence-electron chi connectivity index (χ4n) is 2.70. The van der Waals surface area contributed by atoms with E-state index in [-0.39, 0.29) is 6.54 Å². The fourth-order valence-corrected chi connectivity index (χ4v) is 2.99. The lowest BCUT2D eigenvalue weighted by atomic mass is 10.1. The van der Waals surface area contributed by atoms with Crippen LogP contribution in [-0.2, 0) is 12.7 Å². The summed E-state index contributed by atoms with van der Waals surface area (Å²) in [5.74, 6) is 2.06. The summed E-state index contributed by atoms with van der Waals surface area (Å²) >= 11 is 3.39. The predicted octanol–water partition coefficient (Wildman–Crippen LogP) is 5.21. The SMILES string of the molecule is FC(F)(F)c1cccc(CNc2ncc(Br)c(Nc3cc(C4CC4)n[nH]3)n2)c1. The van der Waals surface area contributed by atoms with E-state index in [0.717, 1.165) is 30.7 Å². The molecule has 0 spiro atoms. The first-order chi connectivity index (χ1) is 13.4. The molecule has 0 saturated heterocycles. The van der Waals surface area contributed by atoms with Gasteiger partial charge >= 0.3 is 6.18 Å². The van der Waals surface area contributed by atoms with Gasteiger partial charge in [-0.05, 0) is 46.5 Å². The minimum atomic E-state index is -4.37. The molecule has 1 fully saturated rings. The Morgan fingerprint density at radius 2 is 2.04 bits per heavy atom. The Labute approximate surface area is 167 Å². The third-order valence-electron chi connectivity index (χ3n) is 4.30. The normalized spacial score (nSPS) is 14.1. The molecule has 2 heterocycles. The van der Waals surface area contributed by atoms with Crippen molar-refractivity contribution in [1.29, 1.82) is 0 Å². The molecule has 0 bridgehead atoms. The summed E-state index contributed by atoms with van der Waals surface area (Å²) in [7, 11) is 0. The number of benzene rings is 1. The van der Waals surface area contributed by atoms with Crippen LogP contribution < -0.4 is 10.6 Å². The van der Waals surface area contributed by atoms with Crippen LogP contribution in [0, 0.1) is 0 Å². The van der Waals surface area contributed by atoms with Crippen LogP contribution in [0.2, 0.25) is 0 Å². The monoisotopic (exact) mass is 452 g/mol. The second-order valence-corrected chi connectivity index (χ2v) is 7.40. The summed E-state index contributed by atoms with van der Waals surface area (Å²) in [5, 5.41) is 13.3. The average Bonchev–Trinajstić information content (AvgIpc) is 3.41. The highest BCUT2D eigenvalue weighted by atomic mass is 79.9. The van der Waals surface area contributed by atoms with E-state index in [1.165, 1.54) is 6.07 Å². The highest BCUT2D eigenvalue weighted by Crippen LogP contribution is 2.39. The summed E-state index contributed by atoms with van der Waals surface area (Å²) in [6, 6.07) is 7.09. The quantitative estimate of drug-likeness (QED) is 0.478. The van der Waals surface area contributed by atoms with Crippen LogP contribution in [0.1, 0.15) is 35.6 Å². The van der Waals surface area contributed by atoms with Gasteiger partial charge in [-0.25, -0.2) is 4.98 Å². The topological polar surface area (TPSA) is 78.5 Å². The Hall–Kier alpha value is -2.62. The maximum Gasteiger partial charge on any atom is 0.416 e. The second kappa shape index (κ2) is 7.42. The third kappa shape index (κ3) is 4.44. The number of nitrogens with zero attached hydrogens (tertiary/aromatic N) is 3. The Morgan fingerprint density at radius 3 is 2.79 bits per heavy atom. The van der Waals surface area contributed by atoms with Crippen LogP contribution in [0.25, 0.3) is 0 Å². The number of hydrogen-bond acceptors (Lipinski definition) is 5. The van der Waals surface area contributed by atoms with Crippen LogP contribution in [0.5, 0.6) is 0 Å². The summed E-state index contributed by atoms with van der Waals surface area (Å²) in [5.41, 5.74) is 0.825. The molecule has 1 aliphatic rings. The molecular weight excluding hydrogens is 437 g/mol. The number of nitrogens with one attached hydrogen (secondary N) is 3. The molecule has 4 rings (SSSR count). The minimum absolute atomic E-state index is 0.168. The average molecular weight is 453 g/mol. The van der Waals surface area contributed by atoms with Gasteiger partial charge in [-0.1, -0.05) is 12.1 Å². The summed E-state index contributed by atoms with van der Waals surface area (Å²) < 4.78 is 39.1. The zero-order valence-electron chi connectivity index (χ0n) is 14.5. The number of aromatic nitrogens is 4. The number of aromatic amines is 1. The van der Waals surface area contributed by atoms with Crippen molar-refractivity contribution in [3.8, 4) is 0 Å². The van der Waals surface area contributed by atoms with Gasteiger partial charge in [0.15, 0.2) is 5.82 Å². The standard InChI is InChI=1S/C18H16BrF3N6/c19-13-9-24-17(23-8-10-2-1-3-12(6-10)18(20,21)22)26-16(13)25-15-7-14(27-28-15)11-4-5-11/h1-3,6-7,9,11H,4-5,8H2,(H3,23,24,25,26,27,28). The van der Waals surface area contributed by atoms with Gasteiger partial charge in [-0.3, -0.25) is 5.10 Å². The number of rotatable bonds is 6.